The van der Waals surface area contributed by atoms with Crippen LogP contribution < -0.4 is 10.1 Å². The van der Waals surface area contributed by atoms with E-state index in [-0.39, 0.29) is 18.2 Å². The predicted octanol–water partition coefficient (Wildman–Crippen LogP) is 4.10. The van der Waals surface area contributed by atoms with Crippen molar-refractivity contribution in [3.8, 4) is 11.5 Å². The quantitative estimate of drug-likeness (QED) is 0.491. The fourth-order valence-electron chi connectivity index (χ4n) is 3.23. The van der Waals surface area contributed by atoms with Gasteiger partial charge >= 0.3 is 0 Å². The van der Waals surface area contributed by atoms with Gasteiger partial charge in [-0.15, -0.1) is 11.3 Å². The van der Waals surface area contributed by atoms with Gasteiger partial charge < -0.3 is 19.5 Å². The lowest BCUT2D eigenvalue weighted by Gasteiger charge is -2.30. The van der Waals surface area contributed by atoms with Gasteiger partial charge in [0.25, 0.3) is 5.91 Å². The molecule has 0 unspecified atom stereocenters. The molecule has 8 nitrogen and oxygen atoms in total. The number of carbonyl (C=O) groups excluding carboxylic acids is 2. The number of hydrogen-bond donors (Lipinski definition) is 1. The Bertz CT molecular complexity index is 1230. The second-order valence-corrected chi connectivity index (χ2v) is 8.19. The number of pyridine rings is 1. The van der Waals surface area contributed by atoms with Crippen molar-refractivity contribution in [2.45, 2.75) is 12.8 Å². The molecule has 5 rings (SSSR count). The third-order valence-corrected chi connectivity index (χ3v) is 6.08. The third kappa shape index (κ3) is 4.13. The maximum atomic E-state index is 12.5. The van der Waals surface area contributed by atoms with Crippen LogP contribution in [0.3, 0.4) is 0 Å². The number of rotatable bonds is 6. The van der Waals surface area contributed by atoms with Gasteiger partial charge in [0.1, 0.15) is 17.8 Å². The predicted molar refractivity (Wildman–Crippen MR) is 115 cm³/mol. The molecular formula is C22H18N4O4S. The molecule has 0 spiro atoms. The van der Waals surface area contributed by atoms with Crippen LogP contribution in [0.1, 0.15) is 21.7 Å². The minimum atomic E-state index is -0.184. The van der Waals surface area contributed by atoms with E-state index >= 15 is 0 Å². The van der Waals surface area contributed by atoms with Gasteiger partial charge in [-0.1, -0.05) is 17.3 Å². The first-order valence-corrected chi connectivity index (χ1v) is 10.6. The van der Waals surface area contributed by atoms with E-state index in [9.17, 15) is 9.59 Å². The monoisotopic (exact) mass is 434 g/mol. The van der Waals surface area contributed by atoms with E-state index in [0.29, 0.717) is 22.2 Å². The highest BCUT2D eigenvalue weighted by atomic mass is 32.1. The number of likely N-dealkylation sites (tertiary alicyclic amines) is 1. The van der Waals surface area contributed by atoms with Gasteiger partial charge in [0.2, 0.25) is 5.91 Å². The maximum absolute atomic E-state index is 12.5. The lowest BCUT2D eigenvalue weighted by molar-refractivity contribution is -0.115. The molecule has 0 saturated carbocycles. The highest BCUT2D eigenvalue weighted by molar-refractivity contribution is 7.21. The Morgan fingerprint density at radius 3 is 2.71 bits per heavy atom. The molecular weight excluding hydrogens is 416 g/mol. The smallest absolute Gasteiger partial charge is 0.264 e. The zero-order valence-electron chi connectivity index (χ0n) is 16.4. The normalized spacial score (nSPS) is 13.1. The molecule has 4 heterocycles. The van der Waals surface area contributed by atoms with Crippen LogP contribution in [0, 0.1) is 0 Å². The van der Waals surface area contributed by atoms with Gasteiger partial charge in [-0.3, -0.25) is 14.6 Å². The number of thiophene rings is 1. The number of nitrogens with one attached hydrogen (secondary N) is 1. The molecule has 4 aromatic rings. The summed E-state index contributed by atoms with van der Waals surface area (Å²) in [5, 5.41) is 6.32. The van der Waals surface area contributed by atoms with Gasteiger partial charge in [-0.05, 0) is 30.2 Å². The Morgan fingerprint density at radius 2 is 2.00 bits per heavy atom. The molecule has 1 saturated heterocycles. The Labute approximate surface area is 181 Å². The van der Waals surface area contributed by atoms with Gasteiger partial charge in [-0.25, -0.2) is 0 Å². The number of fused-ring (bicyclic) bond motifs is 1. The van der Waals surface area contributed by atoms with E-state index < -0.39 is 0 Å². The topological polar surface area (TPSA) is 97.6 Å². The summed E-state index contributed by atoms with van der Waals surface area (Å²) in [7, 11) is 0. The van der Waals surface area contributed by atoms with Gasteiger partial charge in [-0.2, -0.15) is 0 Å². The van der Waals surface area contributed by atoms with E-state index in [1.165, 1.54) is 17.6 Å². The minimum absolute atomic E-state index is 0.0495. The highest BCUT2D eigenvalue weighted by Gasteiger charge is 2.24. The number of benzene rings is 1. The number of anilines is 1. The van der Waals surface area contributed by atoms with Crippen LogP contribution >= 0.6 is 11.3 Å². The Balaban J connectivity index is 1.28. The highest BCUT2D eigenvalue weighted by Crippen LogP contribution is 2.35. The average molecular weight is 434 g/mol. The molecule has 0 radical (unpaired) electrons. The first kappa shape index (κ1) is 19.3. The van der Waals surface area contributed by atoms with Crippen molar-refractivity contribution in [3.63, 3.8) is 0 Å². The van der Waals surface area contributed by atoms with E-state index in [0.717, 1.165) is 35.3 Å². The summed E-state index contributed by atoms with van der Waals surface area (Å²) >= 11 is 1.40. The standard InChI is InChI=1S/C22H18N4O4S/c27-20(24-19-7-11-29-25-19)12-14-2-4-15(5-3-14)30-17-6-8-23-16-13-18(31-21(16)17)22(28)26-9-1-10-26/h2-8,11,13H,1,9-10,12H2,(H,24,25,27). The number of amides is 2. The average Bonchev–Trinajstić information content (AvgIpc) is 3.38. The lowest BCUT2D eigenvalue weighted by Crippen LogP contribution is -2.41. The van der Waals surface area contributed by atoms with Crippen molar-refractivity contribution in [3.05, 3.63) is 65.4 Å². The lowest BCUT2D eigenvalue weighted by atomic mass is 10.1. The number of aromatic nitrogens is 2. The van der Waals surface area contributed by atoms with Gasteiger partial charge in [0.15, 0.2) is 5.82 Å². The number of carbonyl (C=O) groups is 2. The fraction of sp³-hybridized carbons (Fsp3) is 0.182. The molecule has 1 aliphatic rings. The van der Waals surface area contributed by atoms with Crippen LogP contribution in [-0.2, 0) is 11.2 Å². The van der Waals surface area contributed by atoms with Gasteiger partial charge in [0, 0.05) is 31.4 Å². The Kier molecular flexibility index (Phi) is 5.09. The summed E-state index contributed by atoms with van der Waals surface area (Å²) in [6, 6.07) is 12.5. The van der Waals surface area contributed by atoms with Crippen molar-refractivity contribution in [2.24, 2.45) is 0 Å². The van der Waals surface area contributed by atoms with E-state index in [4.69, 9.17) is 9.26 Å². The zero-order valence-corrected chi connectivity index (χ0v) is 17.2. The number of ether oxygens (including phenoxy) is 1. The third-order valence-electron chi connectivity index (χ3n) is 4.95. The zero-order chi connectivity index (χ0) is 21.2. The molecule has 2 amide bonds. The molecule has 9 heteroatoms. The summed E-state index contributed by atoms with van der Waals surface area (Å²) in [5.74, 6) is 1.53. The van der Waals surface area contributed by atoms with Crippen LogP contribution in [0.5, 0.6) is 11.5 Å². The summed E-state index contributed by atoms with van der Waals surface area (Å²) in [5.41, 5.74) is 1.58. The summed E-state index contributed by atoms with van der Waals surface area (Å²) in [4.78, 5) is 31.5. The minimum Gasteiger partial charge on any atom is -0.456 e. The second-order valence-electron chi connectivity index (χ2n) is 7.14. The Morgan fingerprint density at radius 1 is 1.16 bits per heavy atom. The molecule has 3 aromatic heterocycles. The molecule has 0 bridgehead atoms. The first-order chi connectivity index (χ1) is 15.2. The molecule has 1 N–H and O–H groups in total. The fourth-order valence-corrected chi connectivity index (χ4v) is 4.26. The van der Waals surface area contributed by atoms with Crippen LogP contribution in [-0.4, -0.2) is 39.9 Å². The molecule has 31 heavy (non-hydrogen) atoms. The van der Waals surface area contributed by atoms with E-state index in [1.54, 1.807) is 18.3 Å². The molecule has 0 aliphatic carbocycles. The van der Waals surface area contributed by atoms with Crippen molar-refractivity contribution >= 4 is 39.2 Å². The molecule has 1 fully saturated rings. The Hall–Kier alpha value is -3.72. The van der Waals surface area contributed by atoms with Crippen molar-refractivity contribution in [1.29, 1.82) is 0 Å². The maximum Gasteiger partial charge on any atom is 0.264 e. The number of nitrogens with zero attached hydrogens (tertiary/aromatic N) is 3. The second kappa shape index (κ2) is 8.19. The summed E-state index contributed by atoms with van der Waals surface area (Å²) in [6.45, 7) is 1.62. The molecule has 156 valence electrons. The number of hydrogen-bond acceptors (Lipinski definition) is 7. The summed E-state index contributed by atoms with van der Waals surface area (Å²) < 4.78 is 11.6. The first-order valence-electron chi connectivity index (χ1n) is 9.80. The molecule has 1 aliphatic heterocycles. The molecule has 1 aromatic carbocycles. The van der Waals surface area contributed by atoms with Crippen LogP contribution in [0.15, 0.2) is 59.4 Å². The van der Waals surface area contributed by atoms with Crippen LogP contribution in [0.25, 0.3) is 10.2 Å². The van der Waals surface area contributed by atoms with Gasteiger partial charge in [0.05, 0.1) is 21.5 Å². The van der Waals surface area contributed by atoms with Crippen LogP contribution in [0.2, 0.25) is 0 Å². The molecule has 0 atom stereocenters. The van der Waals surface area contributed by atoms with Crippen LogP contribution in [0.4, 0.5) is 5.82 Å². The largest absolute Gasteiger partial charge is 0.456 e. The van der Waals surface area contributed by atoms with E-state index in [1.807, 2.05) is 35.2 Å². The van der Waals surface area contributed by atoms with Crippen molar-refractivity contribution in [2.75, 3.05) is 18.4 Å². The van der Waals surface area contributed by atoms with Crippen molar-refractivity contribution < 1.29 is 18.8 Å². The van der Waals surface area contributed by atoms with E-state index in [2.05, 4.69) is 15.5 Å². The SMILES string of the molecule is O=C(Cc1ccc(Oc2ccnc3cc(C(=O)N4CCC4)sc23)cc1)Nc1ccon1. The summed E-state index contributed by atoms with van der Waals surface area (Å²) in [6.07, 6.45) is 4.33. The van der Waals surface area contributed by atoms with Crippen molar-refractivity contribution in [1.82, 2.24) is 15.0 Å².